The highest BCUT2D eigenvalue weighted by atomic mass is 16.5. The number of nitrogens with one attached hydrogen (secondary N) is 1. The number of anilines is 1. The molecule has 0 bridgehead atoms. The van der Waals surface area contributed by atoms with Gasteiger partial charge in [-0.3, -0.25) is 4.79 Å². The van der Waals surface area contributed by atoms with E-state index in [9.17, 15) is 4.79 Å². The predicted molar refractivity (Wildman–Crippen MR) is 89.7 cm³/mol. The molecule has 0 fully saturated rings. The van der Waals surface area contributed by atoms with Crippen molar-refractivity contribution in [2.75, 3.05) is 19.5 Å². The van der Waals surface area contributed by atoms with Crippen LogP contribution in [-0.4, -0.2) is 25.3 Å². The van der Waals surface area contributed by atoms with Gasteiger partial charge in [-0.15, -0.1) is 0 Å². The van der Waals surface area contributed by atoms with Crippen LogP contribution in [0.15, 0.2) is 53.6 Å². The minimum absolute atomic E-state index is 0.125. The molecule has 120 valence electrons. The molecule has 0 radical (unpaired) electrons. The lowest BCUT2D eigenvalue weighted by Crippen LogP contribution is -2.25. The number of nitrogen functional groups attached to an aromatic ring is 1. The van der Waals surface area contributed by atoms with Crippen LogP contribution >= 0.6 is 0 Å². The molecule has 0 aliphatic heterocycles. The van der Waals surface area contributed by atoms with Crippen molar-refractivity contribution in [3.05, 3.63) is 54.1 Å². The van der Waals surface area contributed by atoms with Crippen LogP contribution in [0.5, 0.6) is 11.5 Å². The summed E-state index contributed by atoms with van der Waals surface area (Å²) in [6.45, 7) is 1.67. The molecule has 23 heavy (non-hydrogen) atoms. The van der Waals surface area contributed by atoms with Gasteiger partial charge >= 0.3 is 0 Å². The van der Waals surface area contributed by atoms with Gasteiger partial charge in [-0.25, -0.2) is 5.43 Å². The van der Waals surface area contributed by atoms with Gasteiger partial charge in [0.25, 0.3) is 5.91 Å². The molecular formula is C17H19N3O3. The zero-order valence-corrected chi connectivity index (χ0v) is 13.1. The molecule has 0 aliphatic carbocycles. The van der Waals surface area contributed by atoms with Crippen LogP contribution in [0.4, 0.5) is 5.69 Å². The summed E-state index contributed by atoms with van der Waals surface area (Å²) in [6, 6.07) is 14.3. The highest BCUT2D eigenvalue weighted by molar-refractivity contribution is 5.99. The first kappa shape index (κ1) is 16.4. The summed E-state index contributed by atoms with van der Waals surface area (Å²) in [4.78, 5) is 11.7. The predicted octanol–water partition coefficient (Wildman–Crippen LogP) is 2.20. The summed E-state index contributed by atoms with van der Waals surface area (Å²) < 4.78 is 10.4. The number of amides is 1. The summed E-state index contributed by atoms with van der Waals surface area (Å²) in [5.74, 6) is 0.964. The number of rotatable bonds is 6. The SMILES string of the molecule is COc1ccc(OCC(=O)N/N=C(\C)c2cccc(N)c2)cc1. The van der Waals surface area contributed by atoms with Crippen molar-refractivity contribution >= 4 is 17.3 Å². The summed E-state index contributed by atoms with van der Waals surface area (Å²) in [5.41, 5.74) is 10.3. The standard InChI is InChI=1S/C17H19N3O3/c1-12(13-4-3-5-14(18)10-13)19-20-17(21)11-23-16-8-6-15(22-2)7-9-16/h3-10H,11,18H2,1-2H3,(H,20,21)/b19-12+. The molecule has 0 atom stereocenters. The number of hydrogen-bond donors (Lipinski definition) is 2. The smallest absolute Gasteiger partial charge is 0.277 e. The van der Waals surface area contributed by atoms with E-state index in [0.29, 0.717) is 17.1 Å². The van der Waals surface area contributed by atoms with Crippen molar-refractivity contribution < 1.29 is 14.3 Å². The van der Waals surface area contributed by atoms with E-state index < -0.39 is 0 Å². The van der Waals surface area contributed by atoms with Gasteiger partial charge in [-0.05, 0) is 48.9 Å². The van der Waals surface area contributed by atoms with E-state index in [0.717, 1.165) is 11.3 Å². The first-order valence-corrected chi connectivity index (χ1v) is 7.04. The Bertz CT molecular complexity index is 696. The third-order valence-corrected chi connectivity index (χ3v) is 3.08. The van der Waals surface area contributed by atoms with Crippen LogP contribution < -0.4 is 20.6 Å². The van der Waals surface area contributed by atoms with Gasteiger partial charge in [0.2, 0.25) is 0 Å². The molecule has 3 N–H and O–H groups in total. The molecule has 0 heterocycles. The Kier molecular flexibility index (Phi) is 5.57. The van der Waals surface area contributed by atoms with E-state index in [1.54, 1.807) is 50.4 Å². The highest BCUT2D eigenvalue weighted by Crippen LogP contribution is 2.16. The van der Waals surface area contributed by atoms with E-state index in [-0.39, 0.29) is 12.5 Å². The number of hydrogen-bond acceptors (Lipinski definition) is 5. The van der Waals surface area contributed by atoms with Crippen molar-refractivity contribution in [3.63, 3.8) is 0 Å². The van der Waals surface area contributed by atoms with Crippen LogP contribution in [0, 0.1) is 0 Å². The molecule has 0 aromatic heterocycles. The summed E-state index contributed by atoms with van der Waals surface area (Å²) in [5, 5.41) is 4.04. The van der Waals surface area contributed by atoms with Gasteiger partial charge in [0.15, 0.2) is 6.61 Å². The molecule has 0 aliphatic rings. The fourth-order valence-electron chi connectivity index (χ4n) is 1.83. The molecule has 2 aromatic rings. The molecule has 0 saturated carbocycles. The van der Waals surface area contributed by atoms with E-state index in [1.165, 1.54) is 0 Å². The zero-order chi connectivity index (χ0) is 16.7. The average Bonchev–Trinajstić information content (AvgIpc) is 2.58. The summed E-state index contributed by atoms with van der Waals surface area (Å²) in [6.07, 6.45) is 0. The van der Waals surface area contributed by atoms with Gasteiger partial charge in [-0.2, -0.15) is 5.10 Å². The van der Waals surface area contributed by atoms with Gasteiger partial charge < -0.3 is 15.2 Å². The van der Waals surface area contributed by atoms with Crippen LogP contribution in [0.2, 0.25) is 0 Å². The second-order valence-electron chi connectivity index (χ2n) is 4.82. The third kappa shape index (κ3) is 5.03. The van der Waals surface area contributed by atoms with Gasteiger partial charge in [0.05, 0.1) is 12.8 Å². The lowest BCUT2D eigenvalue weighted by Gasteiger charge is -2.07. The zero-order valence-electron chi connectivity index (χ0n) is 13.1. The maximum Gasteiger partial charge on any atom is 0.277 e. The minimum Gasteiger partial charge on any atom is -0.497 e. The number of benzene rings is 2. The second-order valence-corrected chi connectivity index (χ2v) is 4.82. The van der Waals surface area contributed by atoms with Crippen LogP contribution in [0.1, 0.15) is 12.5 Å². The van der Waals surface area contributed by atoms with Crippen LogP contribution in [0.25, 0.3) is 0 Å². The van der Waals surface area contributed by atoms with E-state index in [2.05, 4.69) is 10.5 Å². The molecule has 0 spiro atoms. The van der Waals surface area contributed by atoms with Crippen molar-refractivity contribution in [2.45, 2.75) is 6.92 Å². The molecular weight excluding hydrogens is 294 g/mol. The molecule has 6 nitrogen and oxygen atoms in total. The number of carbonyl (C=O) groups is 1. The second kappa shape index (κ2) is 7.84. The normalized spacial score (nSPS) is 11.0. The lowest BCUT2D eigenvalue weighted by atomic mass is 10.1. The van der Waals surface area contributed by atoms with Crippen molar-refractivity contribution in [1.29, 1.82) is 0 Å². The molecule has 0 unspecified atom stereocenters. The van der Waals surface area contributed by atoms with E-state index in [1.807, 2.05) is 12.1 Å². The Labute approximate surface area is 134 Å². The molecule has 2 aromatic carbocycles. The highest BCUT2D eigenvalue weighted by Gasteiger charge is 2.03. The number of carbonyl (C=O) groups excluding carboxylic acids is 1. The number of hydrazone groups is 1. The first-order valence-electron chi connectivity index (χ1n) is 7.04. The monoisotopic (exact) mass is 313 g/mol. The largest absolute Gasteiger partial charge is 0.497 e. The Morgan fingerprint density at radius 3 is 2.52 bits per heavy atom. The number of methoxy groups -OCH3 is 1. The van der Waals surface area contributed by atoms with Crippen LogP contribution in [-0.2, 0) is 4.79 Å². The Morgan fingerprint density at radius 1 is 1.17 bits per heavy atom. The average molecular weight is 313 g/mol. The molecule has 6 heteroatoms. The molecule has 2 rings (SSSR count). The fourth-order valence-corrected chi connectivity index (χ4v) is 1.83. The fraction of sp³-hybridized carbons (Fsp3) is 0.176. The minimum atomic E-state index is -0.343. The number of nitrogens with two attached hydrogens (primary N) is 1. The maximum absolute atomic E-state index is 11.7. The Hall–Kier alpha value is -3.02. The Balaban J connectivity index is 1.85. The van der Waals surface area contributed by atoms with E-state index in [4.69, 9.17) is 15.2 Å². The Morgan fingerprint density at radius 2 is 1.87 bits per heavy atom. The van der Waals surface area contributed by atoms with Gasteiger partial charge in [-0.1, -0.05) is 12.1 Å². The quantitative estimate of drug-likeness (QED) is 0.486. The van der Waals surface area contributed by atoms with E-state index >= 15 is 0 Å². The van der Waals surface area contributed by atoms with Gasteiger partial charge in [0, 0.05) is 5.69 Å². The molecule has 1 amide bonds. The van der Waals surface area contributed by atoms with Crippen molar-refractivity contribution in [3.8, 4) is 11.5 Å². The lowest BCUT2D eigenvalue weighted by molar-refractivity contribution is -0.123. The van der Waals surface area contributed by atoms with Crippen LogP contribution in [0.3, 0.4) is 0 Å². The topological polar surface area (TPSA) is 85.9 Å². The first-order chi connectivity index (χ1) is 11.1. The van der Waals surface area contributed by atoms with Gasteiger partial charge in [0.1, 0.15) is 11.5 Å². The van der Waals surface area contributed by atoms with Crippen molar-refractivity contribution in [2.24, 2.45) is 5.10 Å². The maximum atomic E-state index is 11.7. The van der Waals surface area contributed by atoms with Crippen molar-refractivity contribution in [1.82, 2.24) is 5.43 Å². The summed E-state index contributed by atoms with van der Waals surface area (Å²) in [7, 11) is 1.59. The number of nitrogens with zero attached hydrogens (tertiary/aromatic N) is 1. The molecule has 0 saturated heterocycles. The third-order valence-electron chi connectivity index (χ3n) is 3.08. The summed E-state index contributed by atoms with van der Waals surface area (Å²) >= 11 is 0. The number of ether oxygens (including phenoxy) is 2.